The Morgan fingerprint density at radius 3 is 2.59 bits per heavy atom. The number of imidazole rings is 1. The zero-order chi connectivity index (χ0) is 15.7. The number of rotatable bonds is 4. The lowest BCUT2D eigenvalue weighted by molar-refractivity contribution is 0.102. The second-order valence-corrected chi connectivity index (χ2v) is 6.78. The number of nitrogens with zero attached hydrogens (tertiary/aromatic N) is 1. The maximum absolute atomic E-state index is 12.2. The van der Waals surface area contributed by atoms with Crippen LogP contribution in [-0.2, 0) is 0 Å². The highest BCUT2D eigenvalue weighted by molar-refractivity contribution is 7.99. The largest absolute Gasteiger partial charge is 0.333 e. The number of halogens is 3. The number of nitrogens with one attached hydrogen (secondary N) is 1. The number of fused-ring (bicyclic) bond motifs is 1. The molecular weight excluding hydrogens is 363 g/mol. The van der Waals surface area contributed by atoms with Crippen molar-refractivity contribution >= 4 is 63.4 Å². The summed E-state index contributed by atoms with van der Waals surface area (Å²) >= 11 is 19.1. The number of thioether (sulfide) groups is 1. The minimum atomic E-state index is -0.0786. The molecule has 22 heavy (non-hydrogen) atoms. The van der Waals surface area contributed by atoms with Gasteiger partial charge in [-0.25, -0.2) is 4.98 Å². The summed E-state index contributed by atoms with van der Waals surface area (Å²) in [6.45, 7) is 0. The molecule has 2 aromatic carbocycles. The second-order valence-electron chi connectivity index (χ2n) is 4.54. The van der Waals surface area contributed by atoms with Gasteiger partial charge in [0.2, 0.25) is 0 Å². The van der Waals surface area contributed by atoms with E-state index in [0.29, 0.717) is 25.8 Å². The molecule has 3 rings (SSSR count). The maximum Gasteiger partial charge on any atom is 0.174 e. The quantitative estimate of drug-likeness (QED) is 0.486. The van der Waals surface area contributed by atoms with E-state index in [9.17, 15) is 4.79 Å². The molecule has 7 heteroatoms. The Kier molecular flexibility index (Phi) is 4.64. The zero-order valence-corrected chi connectivity index (χ0v) is 14.2. The molecule has 0 saturated carbocycles. The summed E-state index contributed by atoms with van der Waals surface area (Å²) in [5.74, 6) is 0.152. The first kappa shape index (κ1) is 15.7. The molecule has 0 atom stereocenters. The predicted octanol–water partition coefficient (Wildman–Crippen LogP) is 5.50. The van der Waals surface area contributed by atoms with Crippen molar-refractivity contribution in [3.63, 3.8) is 0 Å². The topological polar surface area (TPSA) is 45.8 Å². The van der Waals surface area contributed by atoms with Crippen LogP contribution in [0, 0.1) is 0 Å². The number of aromatic amines is 1. The van der Waals surface area contributed by atoms with Crippen molar-refractivity contribution < 1.29 is 4.79 Å². The van der Waals surface area contributed by atoms with Crippen molar-refractivity contribution in [1.82, 2.24) is 9.97 Å². The molecule has 0 aliphatic rings. The van der Waals surface area contributed by atoms with Crippen LogP contribution in [-0.4, -0.2) is 21.5 Å². The minimum Gasteiger partial charge on any atom is -0.333 e. The molecule has 0 amide bonds. The lowest BCUT2D eigenvalue weighted by Gasteiger charge is -2.02. The van der Waals surface area contributed by atoms with Crippen LogP contribution in [0.4, 0.5) is 0 Å². The van der Waals surface area contributed by atoms with E-state index in [2.05, 4.69) is 9.97 Å². The van der Waals surface area contributed by atoms with Crippen molar-refractivity contribution in [2.45, 2.75) is 5.16 Å². The zero-order valence-electron chi connectivity index (χ0n) is 11.1. The van der Waals surface area contributed by atoms with Crippen molar-refractivity contribution in [2.24, 2.45) is 0 Å². The summed E-state index contributed by atoms with van der Waals surface area (Å²) < 4.78 is 0. The first-order chi connectivity index (χ1) is 10.5. The fourth-order valence-corrected chi connectivity index (χ4v) is 3.41. The second kappa shape index (κ2) is 6.50. The van der Waals surface area contributed by atoms with Gasteiger partial charge in [0, 0.05) is 15.6 Å². The molecular formula is C15H9Cl3N2OS. The SMILES string of the molecule is O=C(CSc1nc2ccc(Cl)cc2[nH]1)c1ccc(Cl)cc1Cl. The molecule has 0 bridgehead atoms. The molecule has 3 aromatic rings. The van der Waals surface area contributed by atoms with E-state index < -0.39 is 0 Å². The number of ketones is 1. The molecule has 112 valence electrons. The van der Waals surface area contributed by atoms with E-state index in [4.69, 9.17) is 34.8 Å². The monoisotopic (exact) mass is 370 g/mol. The average molecular weight is 372 g/mol. The number of hydrogen-bond acceptors (Lipinski definition) is 3. The molecule has 0 radical (unpaired) electrons. The fraction of sp³-hybridized carbons (Fsp3) is 0.0667. The Labute approximate surface area is 146 Å². The summed E-state index contributed by atoms with van der Waals surface area (Å²) in [6, 6.07) is 10.2. The van der Waals surface area contributed by atoms with E-state index >= 15 is 0 Å². The third-order valence-electron chi connectivity index (χ3n) is 2.99. The average Bonchev–Trinajstić information content (AvgIpc) is 2.86. The summed E-state index contributed by atoms with van der Waals surface area (Å²) in [5, 5.41) is 2.16. The highest BCUT2D eigenvalue weighted by Gasteiger charge is 2.13. The van der Waals surface area contributed by atoms with Gasteiger partial charge in [0.1, 0.15) is 0 Å². The van der Waals surface area contributed by atoms with Crippen molar-refractivity contribution in [3.8, 4) is 0 Å². The van der Waals surface area contributed by atoms with Crippen molar-refractivity contribution in [2.75, 3.05) is 5.75 Å². The van der Waals surface area contributed by atoms with E-state index in [-0.39, 0.29) is 11.5 Å². The summed E-state index contributed by atoms with van der Waals surface area (Å²) in [7, 11) is 0. The highest BCUT2D eigenvalue weighted by atomic mass is 35.5. The first-order valence-corrected chi connectivity index (χ1v) is 8.41. The third kappa shape index (κ3) is 3.41. The molecule has 0 aliphatic carbocycles. The Morgan fingerprint density at radius 1 is 1.09 bits per heavy atom. The summed E-state index contributed by atoms with van der Waals surface area (Å²) in [6.07, 6.45) is 0. The molecule has 0 saturated heterocycles. The van der Waals surface area contributed by atoms with E-state index in [0.717, 1.165) is 11.0 Å². The number of carbonyl (C=O) groups is 1. The van der Waals surface area contributed by atoms with Gasteiger partial charge >= 0.3 is 0 Å². The Morgan fingerprint density at radius 2 is 1.82 bits per heavy atom. The fourth-order valence-electron chi connectivity index (χ4n) is 1.95. The Bertz CT molecular complexity index is 863. The molecule has 0 unspecified atom stereocenters. The van der Waals surface area contributed by atoms with Crippen molar-refractivity contribution in [1.29, 1.82) is 0 Å². The number of hydrogen-bond donors (Lipinski definition) is 1. The van der Waals surface area contributed by atoms with Gasteiger partial charge in [-0.3, -0.25) is 4.79 Å². The predicted molar refractivity (Wildman–Crippen MR) is 92.6 cm³/mol. The van der Waals surface area contributed by atoms with Gasteiger partial charge < -0.3 is 4.98 Å². The van der Waals surface area contributed by atoms with Crippen LogP contribution in [0.5, 0.6) is 0 Å². The van der Waals surface area contributed by atoms with Gasteiger partial charge in [0.05, 0.1) is 21.8 Å². The molecule has 0 aliphatic heterocycles. The summed E-state index contributed by atoms with van der Waals surface area (Å²) in [5.41, 5.74) is 2.11. The minimum absolute atomic E-state index is 0.0786. The Hall–Kier alpha value is -1.20. The van der Waals surface area contributed by atoms with Crippen LogP contribution >= 0.6 is 46.6 Å². The number of Topliss-reactive ketones (excluding diaryl/α,β-unsaturated/α-hetero) is 1. The third-order valence-corrected chi connectivity index (χ3v) is 4.65. The van der Waals surface area contributed by atoms with E-state index in [1.165, 1.54) is 11.8 Å². The van der Waals surface area contributed by atoms with Gasteiger partial charge in [-0.15, -0.1) is 0 Å². The van der Waals surface area contributed by atoms with Crippen molar-refractivity contribution in [3.05, 3.63) is 57.0 Å². The lowest BCUT2D eigenvalue weighted by Crippen LogP contribution is -2.03. The van der Waals surface area contributed by atoms with Crippen LogP contribution < -0.4 is 0 Å². The van der Waals surface area contributed by atoms with Gasteiger partial charge in [-0.1, -0.05) is 46.6 Å². The van der Waals surface area contributed by atoms with Gasteiger partial charge in [-0.05, 0) is 36.4 Å². The molecule has 3 nitrogen and oxygen atoms in total. The first-order valence-electron chi connectivity index (χ1n) is 6.29. The summed E-state index contributed by atoms with van der Waals surface area (Å²) in [4.78, 5) is 19.7. The molecule has 1 aromatic heterocycles. The van der Waals surface area contributed by atoms with Crippen LogP contribution in [0.15, 0.2) is 41.6 Å². The number of H-pyrrole nitrogens is 1. The normalized spacial score (nSPS) is 11.0. The highest BCUT2D eigenvalue weighted by Crippen LogP contribution is 2.25. The number of benzene rings is 2. The lowest BCUT2D eigenvalue weighted by atomic mass is 10.1. The van der Waals surface area contributed by atoms with Gasteiger partial charge in [0.25, 0.3) is 0 Å². The molecule has 1 N–H and O–H groups in total. The van der Waals surface area contributed by atoms with Crippen LogP contribution in [0.2, 0.25) is 15.1 Å². The number of carbonyl (C=O) groups excluding carboxylic acids is 1. The van der Waals surface area contributed by atoms with E-state index in [1.54, 1.807) is 30.3 Å². The molecule has 1 heterocycles. The molecule has 0 spiro atoms. The van der Waals surface area contributed by atoms with Crippen LogP contribution in [0.1, 0.15) is 10.4 Å². The smallest absolute Gasteiger partial charge is 0.174 e. The standard InChI is InChI=1S/C15H9Cl3N2OS/c16-8-1-3-10(11(18)5-8)14(21)7-22-15-19-12-4-2-9(17)6-13(12)20-15/h1-6H,7H2,(H,19,20). The van der Waals surface area contributed by atoms with Gasteiger partial charge in [-0.2, -0.15) is 0 Å². The van der Waals surface area contributed by atoms with Crippen LogP contribution in [0.3, 0.4) is 0 Å². The number of aromatic nitrogens is 2. The molecule has 0 fully saturated rings. The maximum atomic E-state index is 12.2. The van der Waals surface area contributed by atoms with Crippen LogP contribution in [0.25, 0.3) is 11.0 Å². The van der Waals surface area contributed by atoms with E-state index in [1.807, 2.05) is 6.07 Å². The van der Waals surface area contributed by atoms with Gasteiger partial charge in [0.15, 0.2) is 10.9 Å². The Balaban J connectivity index is 1.74.